The Morgan fingerprint density at radius 3 is 2.64 bits per heavy atom. The van der Waals surface area contributed by atoms with Crippen LogP contribution in [0.1, 0.15) is 48.0 Å². The Labute approximate surface area is 167 Å². The average molecular weight is 402 g/mol. The van der Waals surface area contributed by atoms with E-state index in [1.807, 2.05) is 0 Å². The quantitative estimate of drug-likeness (QED) is 0.684. The fourth-order valence-corrected chi connectivity index (χ4v) is 4.76. The van der Waals surface area contributed by atoms with E-state index in [-0.39, 0.29) is 16.6 Å². The van der Waals surface area contributed by atoms with Crippen molar-refractivity contribution >= 4 is 15.7 Å². The third kappa shape index (κ3) is 5.91. The van der Waals surface area contributed by atoms with Gasteiger partial charge in [0.05, 0.1) is 16.8 Å². The first-order valence-electron chi connectivity index (χ1n) is 9.81. The van der Waals surface area contributed by atoms with E-state index in [0.717, 1.165) is 32.3 Å². The van der Waals surface area contributed by atoms with Crippen molar-refractivity contribution in [2.24, 2.45) is 0 Å². The SMILES string of the molecule is O=C(NCCCC1CCCCO1)c1cccc(CS(=O)(=O)c2ccccc2)c1. The molecule has 5 nitrogen and oxygen atoms in total. The summed E-state index contributed by atoms with van der Waals surface area (Å²) in [6.45, 7) is 1.43. The van der Waals surface area contributed by atoms with Crippen LogP contribution in [0.25, 0.3) is 0 Å². The third-order valence-corrected chi connectivity index (χ3v) is 6.61. The first-order chi connectivity index (χ1) is 13.5. The van der Waals surface area contributed by atoms with Gasteiger partial charge in [0.2, 0.25) is 0 Å². The Morgan fingerprint density at radius 2 is 1.89 bits per heavy atom. The van der Waals surface area contributed by atoms with Gasteiger partial charge in [-0.3, -0.25) is 4.79 Å². The van der Waals surface area contributed by atoms with E-state index in [0.29, 0.717) is 23.8 Å². The maximum absolute atomic E-state index is 12.5. The number of benzene rings is 2. The summed E-state index contributed by atoms with van der Waals surface area (Å²) in [5.41, 5.74) is 1.08. The molecule has 0 aromatic heterocycles. The Morgan fingerprint density at radius 1 is 1.07 bits per heavy atom. The molecule has 28 heavy (non-hydrogen) atoms. The molecule has 0 saturated carbocycles. The van der Waals surface area contributed by atoms with Gasteiger partial charge in [0.25, 0.3) is 5.91 Å². The van der Waals surface area contributed by atoms with E-state index >= 15 is 0 Å². The number of sulfone groups is 1. The molecule has 0 radical (unpaired) electrons. The predicted octanol–water partition coefficient (Wildman–Crippen LogP) is 3.74. The third-order valence-electron chi connectivity index (χ3n) is 4.91. The summed E-state index contributed by atoms with van der Waals surface area (Å²) in [4.78, 5) is 12.7. The first kappa shape index (κ1) is 20.6. The number of nitrogens with one attached hydrogen (secondary N) is 1. The topological polar surface area (TPSA) is 72.5 Å². The minimum absolute atomic E-state index is 0.128. The smallest absolute Gasteiger partial charge is 0.251 e. The van der Waals surface area contributed by atoms with Crippen molar-refractivity contribution in [2.75, 3.05) is 13.2 Å². The van der Waals surface area contributed by atoms with Crippen molar-refractivity contribution in [1.29, 1.82) is 0 Å². The maximum atomic E-state index is 12.5. The maximum Gasteiger partial charge on any atom is 0.251 e. The minimum Gasteiger partial charge on any atom is -0.378 e. The summed E-state index contributed by atoms with van der Waals surface area (Å²) in [6, 6.07) is 15.2. The standard InChI is InChI=1S/C22H27NO4S/c24-22(23-14-7-11-20-10-4-5-15-27-20)19-9-6-8-18(16-19)17-28(25,26)21-12-2-1-3-13-21/h1-3,6,8-9,12-13,16,20H,4-5,7,10-11,14-15,17H2,(H,23,24). The number of hydrogen-bond acceptors (Lipinski definition) is 4. The number of rotatable bonds is 8. The fraction of sp³-hybridized carbons (Fsp3) is 0.409. The van der Waals surface area contributed by atoms with Crippen molar-refractivity contribution in [3.8, 4) is 0 Å². The zero-order valence-electron chi connectivity index (χ0n) is 16.0. The zero-order valence-corrected chi connectivity index (χ0v) is 16.8. The number of carbonyl (C=O) groups is 1. The molecule has 1 fully saturated rings. The van der Waals surface area contributed by atoms with Gasteiger partial charge in [0.15, 0.2) is 9.84 Å². The molecule has 1 unspecified atom stereocenters. The summed E-state index contributed by atoms with van der Waals surface area (Å²) in [5.74, 6) is -0.305. The summed E-state index contributed by atoms with van der Waals surface area (Å²) < 4.78 is 30.8. The zero-order chi connectivity index (χ0) is 19.8. The molecule has 1 N–H and O–H groups in total. The Kier molecular flexibility index (Phi) is 7.23. The molecule has 6 heteroatoms. The van der Waals surface area contributed by atoms with E-state index in [9.17, 15) is 13.2 Å². The molecule has 3 rings (SSSR count). The molecule has 1 aliphatic heterocycles. The van der Waals surface area contributed by atoms with Crippen LogP contribution in [0.5, 0.6) is 0 Å². The molecule has 1 amide bonds. The molecule has 150 valence electrons. The van der Waals surface area contributed by atoms with Gasteiger partial charge in [0, 0.05) is 18.7 Å². The van der Waals surface area contributed by atoms with Crippen LogP contribution in [0.15, 0.2) is 59.5 Å². The molecular formula is C22H27NO4S. The molecule has 1 aliphatic rings. The summed E-state index contributed by atoms with van der Waals surface area (Å²) in [5, 5.41) is 2.92. The highest BCUT2D eigenvalue weighted by Gasteiger charge is 2.16. The van der Waals surface area contributed by atoms with Crippen LogP contribution in [0.4, 0.5) is 0 Å². The second-order valence-corrected chi connectivity index (χ2v) is 9.15. The van der Waals surface area contributed by atoms with Crippen LogP contribution in [-0.2, 0) is 20.3 Å². The highest BCUT2D eigenvalue weighted by Crippen LogP contribution is 2.18. The van der Waals surface area contributed by atoms with Crippen LogP contribution >= 0.6 is 0 Å². The molecule has 1 heterocycles. The highest BCUT2D eigenvalue weighted by molar-refractivity contribution is 7.90. The average Bonchev–Trinajstić information content (AvgIpc) is 2.72. The van der Waals surface area contributed by atoms with Gasteiger partial charge in [-0.25, -0.2) is 8.42 Å². The van der Waals surface area contributed by atoms with Crippen molar-refractivity contribution in [2.45, 2.75) is 48.9 Å². The summed E-state index contributed by atoms with van der Waals surface area (Å²) in [7, 11) is -3.43. The van der Waals surface area contributed by atoms with Gasteiger partial charge < -0.3 is 10.1 Å². The van der Waals surface area contributed by atoms with E-state index in [2.05, 4.69) is 5.32 Å². The lowest BCUT2D eigenvalue weighted by molar-refractivity contribution is 0.0102. The van der Waals surface area contributed by atoms with E-state index < -0.39 is 9.84 Å². The number of ether oxygens (including phenoxy) is 1. The monoisotopic (exact) mass is 401 g/mol. The molecule has 1 atom stereocenters. The molecule has 2 aromatic rings. The Hall–Kier alpha value is -2.18. The second kappa shape index (κ2) is 9.85. The number of hydrogen-bond donors (Lipinski definition) is 1. The number of carbonyl (C=O) groups excluding carboxylic acids is 1. The minimum atomic E-state index is -3.43. The largest absolute Gasteiger partial charge is 0.378 e. The number of amides is 1. The van der Waals surface area contributed by atoms with Gasteiger partial charge in [-0.1, -0.05) is 30.3 Å². The summed E-state index contributed by atoms with van der Waals surface area (Å²) >= 11 is 0. The van der Waals surface area contributed by atoms with Gasteiger partial charge in [-0.05, 0) is 61.9 Å². The molecule has 1 saturated heterocycles. The van der Waals surface area contributed by atoms with Gasteiger partial charge in [-0.15, -0.1) is 0 Å². The lowest BCUT2D eigenvalue weighted by atomic mass is 10.0. The van der Waals surface area contributed by atoms with E-state index in [4.69, 9.17) is 4.74 Å². The van der Waals surface area contributed by atoms with Gasteiger partial charge >= 0.3 is 0 Å². The molecule has 0 aliphatic carbocycles. The van der Waals surface area contributed by atoms with E-state index in [1.165, 1.54) is 6.42 Å². The molecular weight excluding hydrogens is 374 g/mol. The van der Waals surface area contributed by atoms with Crippen LogP contribution in [0.3, 0.4) is 0 Å². The molecule has 0 spiro atoms. The Balaban J connectivity index is 1.53. The fourth-order valence-electron chi connectivity index (χ4n) is 3.40. The second-order valence-electron chi connectivity index (χ2n) is 7.16. The molecule has 0 bridgehead atoms. The van der Waals surface area contributed by atoms with Crippen LogP contribution < -0.4 is 5.32 Å². The van der Waals surface area contributed by atoms with Gasteiger partial charge in [-0.2, -0.15) is 0 Å². The van der Waals surface area contributed by atoms with Crippen molar-refractivity contribution < 1.29 is 17.9 Å². The first-order valence-corrected chi connectivity index (χ1v) is 11.5. The van der Waals surface area contributed by atoms with Crippen molar-refractivity contribution in [3.63, 3.8) is 0 Å². The Bertz CT molecular complexity index is 874. The van der Waals surface area contributed by atoms with Crippen LogP contribution in [-0.4, -0.2) is 33.6 Å². The predicted molar refractivity (Wildman–Crippen MR) is 109 cm³/mol. The lowest BCUT2D eigenvalue weighted by Gasteiger charge is -2.22. The summed E-state index contributed by atoms with van der Waals surface area (Å²) in [6.07, 6.45) is 5.61. The normalized spacial score (nSPS) is 17.2. The van der Waals surface area contributed by atoms with Crippen LogP contribution in [0, 0.1) is 0 Å². The molecule has 2 aromatic carbocycles. The highest BCUT2D eigenvalue weighted by atomic mass is 32.2. The van der Waals surface area contributed by atoms with Crippen molar-refractivity contribution in [3.05, 3.63) is 65.7 Å². The van der Waals surface area contributed by atoms with Crippen LogP contribution in [0.2, 0.25) is 0 Å². The van der Waals surface area contributed by atoms with Gasteiger partial charge in [0.1, 0.15) is 0 Å². The van der Waals surface area contributed by atoms with Crippen molar-refractivity contribution in [1.82, 2.24) is 5.32 Å². The van der Waals surface area contributed by atoms with E-state index in [1.54, 1.807) is 54.6 Å². The lowest BCUT2D eigenvalue weighted by Crippen LogP contribution is -2.26.